The molecule has 1 atom stereocenters. The van der Waals surface area contributed by atoms with Gasteiger partial charge in [0, 0.05) is 81.5 Å². The van der Waals surface area contributed by atoms with E-state index in [1.807, 2.05) is 6.92 Å². The molecule has 0 unspecified atom stereocenters. The number of Topliss-reactive ketones (excluding diaryl/α,β-unsaturated/α-hetero) is 6. The number of allylic oxidation sites excluding steroid dienone is 3. The number of rotatable bonds is 7. The van der Waals surface area contributed by atoms with Gasteiger partial charge in [0.15, 0.2) is 11.6 Å². The maximum absolute atomic E-state index is 12.1. The van der Waals surface area contributed by atoms with E-state index in [-0.39, 0.29) is 82.9 Å². The summed E-state index contributed by atoms with van der Waals surface area (Å²) in [6.07, 6.45) is 12.1. The van der Waals surface area contributed by atoms with Crippen LogP contribution >= 0.6 is 0 Å². The predicted octanol–water partition coefficient (Wildman–Crippen LogP) is 5.62. The molecule has 3 fully saturated rings. The zero-order valence-electron chi connectivity index (χ0n) is 34.6. The van der Waals surface area contributed by atoms with E-state index in [9.17, 15) is 81.5 Å². The quantitative estimate of drug-likeness (QED) is 0.100. The van der Waals surface area contributed by atoms with Gasteiger partial charge in [-0.15, -0.1) is 15.8 Å². The molecule has 0 amide bonds. The van der Waals surface area contributed by atoms with Crippen molar-refractivity contribution in [1.29, 1.82) is 0 Å². The van der Waals surface area contributed by atoms with Crippen LogP contribution in [0.2, 0.25) is 0 Å². The summed E-state index contributed by atoms with van der Waals surface area (Å²) in [5, 5.41) is 0. The number of hydrogen-bond donors (Lipinski definition) is 0. The van der Waals surface area contributed by atoms with Crippen LogP contribution in [0.4, 0.5) is 26.3 Å². The molecule has 13 nitrogen and oxygen atoms in total. The van der Waals surface area contributed by atoms with Crippen molar-refractivity contribution in [2.24, 2.45) is 16.7 Å². The molecule has 0 bridgehead atoms. The number of hydrogen-bond acceptors (Lipinski definition) is 12. The number of ketones is 8. The molecular weight excluding hydrogens is 1080 g/mol. The number of carbonyl (C=O) groups excluding carboxylic acids is 8. The Balaban J connectivity index is 0. The molecule has 333 valence electrons. The summed E-state index contributed by atoms with van der Waals surface area (Å²) in [6, 6.07) is 0. The summed E-state index contributed by atoms with van der Waals surface area (Å²) in [7, 11) is -14.5. The van der Waals surface area contributed by atoms with Crippen molar-refractivity contribution in [2.45, 2.75) is 129 Å². The zero-order valence-corrected chi connectivity index (χ0v) is 39.4. The van der Waals surface area contributed by atoms with Gasteiger partial charge in [0.25, 0.3) is 0 Å². The van der Waals surface area contributed by atoms with E-state index in [0.29, 0.717) is 63.6 Å². The van der Waals surface area contributed by atoms with Crippen LogP contribution < -0.4 is 0 Å². The number of fused-ring (bicyclic) bond motifs is 1. The fraction of sp³-hybridized carbons (Fsp3) is 0.622. The normalized spacial score (nSPS) is 20.7. The second-order valence-electron chi connectivity index (χ2n) is 14.2. The Morgan fingerprint density at radius 3 is 1.65 bits per heavy atom. The van der Waals surface area contributed by atoms with Crippen LogP contribution in [-0.2, 0) is 58.4 Å². The first-order valence-corrected chi connectivity index (χ1v) is 20.8. The number of terminal acetylenes is 1. The largest absolute Gasteiger partial charge is 0.511 e. The van der Waals surface area contributed by atoms with Crippen LogP contribution in [0.1, 0.15) is 119 Å². The molecule has 0 saturated heterocycles. The number of halogens is 6. The van der Waals surface area contributed by atoms with Crippen molar-refractivity contribution < 1.29 is 114 Å². The van der Waals surface area contributed by atoms with Crippen molar-refractivity contribution in [3.63, 3.8) is 0 Å². The summed E-state index contributed by atoms with van der Waals surface area (Å²) >= 11 is 0. The molecule has 0 N–H and O–H groups in total. The van der Waals surface area contributed by atoms with Crippen molar-refractivity contribution in [3.8, 4) is 12.2 Å². The predicted molar refractivity (Wildman–Crippen MR) is 201 cm³/mol. The molecule has 0 aliphatic heterocycles. The molecule has 0 aromatic rings. The topological polar surface area (TPSA) is 208 Å². The molecule has 0 aromatic carbocycles. The zero-order chi connectivity index (χ0) is 47.1. The molecule has 1 radical (unpaired) electrons. The van der Waals surface area contributed by atoms with Gasteiger partial charge in [-0.25, -0.2) is 16.8 Å². The fourth-order valence-electron chi connectivity index (χ4n) is 5.74. The van der Waals surface area contributed by atoms with Crippen LogP contribution in [0.5, 0.6) is 0 Å². The van der Waals surface area contributed by atoms with E-state index >= 15 is 0 Å². The monoisotopic (exact) mass is 1130 g/mol. The van der Waals surface area contributed by atoms with Gasteiger partial charge in [0.2, 0.25) is 0 Å². The Morgan fingerprint density at radius 2 is 1.27 bits per heavy atom. The number of carbonyl (C=O) groups is 8. The van der Waals surface area contributed by atoms with E-state index in [4.69, 9.17) is 1.37 Å². The minimum atomic E-state index is -6.87. The summed E-state index contributed by atoms with van der Waals surface area (Å²) in [4.78, 5) is 88.2. The summed E-state index contributed by atoms with van der Waals surface area (Å²) in [5.74, 6) is 1.59. The van der Waals surface area contributed by atoms with E-state index in [1.165, 1.54) is 19.9 Å². The van der Waals surface area contributed by atoms with Gasteiger partial charge in [-0.05, 0) is 85.3 Å². The number of nitrogens with zero attached hydrogens (tertiary/aromatic N) is 1. The second kappa shape index (κ2) is 24.6. The SMILES string of the molecule is C=CC(C)=O.CC(=O)CCC1(C)C(=O)CCCC1=O.CC1C(=O)CCCC1=O.C[C@@]12CCC(=O)C=C1CCCC2=O.[2H]C#C[B]N(S(=O)(=O)C(F)(F)F)S(=O)(=O)C(F)(F)F.[U]. The van der Waals surface area contributed by atoms with Crippen molar-refractivity contribution in [1.82, 2.24) is 3.62 Å². The molecule has 23 heteroatoms. The smallest absolute Gasteiger partial charge is 0.300 e. The van der Waals surface area contributed by atoms with E-state index < -0.39 is 47.5 Å². The Bertz CT molecular complexity index is 1940. The minimum absolute atomic E-state index is 0. The van der Waals surface area contributed by atoms with Crippen LogP contribution in [-0.4, -0.2) is 85.2 Å². The van der Waals surface area contributed by atoms with Crippen LogP contribution in [0.3, 0.4) is 0 Å². The second-order valence-corrected chi connectivity index (χ2v) is 18.0. The Hall–Kier alpha value is -3.04. The maximum Gasteiger partial charge on any atom is 0.511 e. The molecule has 4 rings (SSSR count). The average molecular weight is 1130 g/mol. The van der Waals surface area contributed by atoms with Gasteiger partial charge < -0.3 is 4.79 Å². The summed E-state index contributed by atoms with van der Waals surface area (Å²) < 4.78 is 119. The third-order valence-corrected chi connectivity index (χ3v) is 13.2. The summed E-state index contributed by atoms with van der Waals surface area (Å²) in [6.45, 7) is 11.5. The van der Waals surface area contributed by atoms with Gasteiger partial charge in [-0.1, -0.05) is 12.2 Å². The number of sulfonamides is 2. The average Bonchev–Trinajstić information content (AvgIpc) is 3.13. The fourth-order valence-corrected chi connectivity index (χ4v) is 8.07. The third kappa shape index (κ3) is 16.7. The molecule has 3 saturated carbocycles. The molecule has 4 aliphatic rings. The van der Waals surface area contributed by atoms with Gasteiger partial charge in [-0.3, -0.25) is 33.6 Å². The number of alkyl halides is 6. The van der Waals surface area contributed by atoms with Crippen molar-refractivity contribution >= 4 is 73.7 Å². The molecule has 4 aliphatic carbocycles. The van der Waals surface area contributed by atoms with E-state index in [1.54, 1.807) is 19.9 Å². The molecule has 0 heterocycles. The van der Waals surface area contributed by atoms with Gasteiger partial charge in [0.1, 0.15) is 36.1 Å². The van der Waals surface area contributed by atoms with E-state index in [0.717, 1.165) is 43.5 Å². The Labute approximate surface area is 371 Å². The third-order valence-electron chi connectivity index (χ3n) is 9.72. The molecule has 0 spiro atoms. The summed E-state index contributed by atoms with van der Waals surface area (Å²) in [5.41, 5.74) is -12.7. The van der Waals surface area contributed by atoms with Gasteiger partial charge in [-0.2, -0.15) is 26.3 Å². The van der Waals surface area contributed by atoms with Gasteiger partial charge >= 0.3 is 38.5 Å². The first kappa shape index (κ1) is 57.0. The minimum Gasteiger partial charge on any atom is -0.300 e. The molecular formula is C37H47BF6NO12S2U. The van der Waals surface area contributed by atoms with Gasteiger partial charge in [0.05, 0.1) is 11.3 Å². The first-order valence-electron chi connectivity index (χ1n) is 18.5. The molecule has 0 aromatic heterocycles. The Morgan fingerprint density at radius 1 is 0.850 bits per heavy atom. The standard InChI is InChI=1S/C11H16O3.C11H14O2.C7H10O2.C4HBF6NO4S2.C4H6O.U/c1-8(12)6-7-11(2)9(13)4-3-5-10(11)14;1-11-6-5-9(12)7-8(11)3-2-4-10(11)13;1-5-6(8)3-2-4-7(5)9;1-2-5-12(17(13,14)3(6,7)8)18(15,16)4(9,10)11;1-3-4(2)5;/h3-7H2,1-2H3;7H,2-6H2,1H3;5H,2-4H2,1H3;1H;3H,1H2,2H3;/t;11-;;;;/m.1..../s1/i;;;1D;;. The maximum atomic E-state index is 12.1. The van der Waals surface area contributed by atoms with Crippen LogP contribution in [0.25, 0.3) is 0 Å². The van der Waals surface area contributed by atoms with Crippen molar-refractivity contribution in [3.05, 3.63) is 24.3 Å². The van der Waals surface area contributed by atoms with Crippen LogP contribution in [0, 0.1) is 60.1 Å². The van der Waals surface area contributed by atoms with E-state index in [2.05, 4.69) is 6.58 Å². The van der Waals surface area contributed by atoms with Crippen LogP contribution in [0.15, 0.2) is 24.3 Å². The van der Waals surface area contributed by atoms with Crippen molar-refractivity contribution in [2.75, 3.05) is 0 Å². The molecule has 60 heavy (non-hydrogen) atoms. The first-order chi connectivity index (χ1) is 27.3. The Kier molecular flexibility index (Phi) is 23.3.